The number of hydrogen-bond donors (Lipinski definition) is 3. The number of anilines is 2. The molecule has 0 bridgehead atoms. The van der Waals surface area contributed by atoms with Gasteiger partial charge in [0.25, 0.3) is 5.91 Å². The first kappa shape index (κ1) is 10.9. The molecule has 0 aliphatic heterocycles. The van der Waals surface area contributed by atoms with Crippen molar-refractivity contribution in [2.75, 3.05) is 5.32 Å². The summed E-state index contributed by atoms with van der Waals surface area (Å²) in [5, 5.41) is 12.4. The predicted molar refractivity (Wildman–Crippen MR) is 61.9 cm³/mol. The lowest BCUT2D eigenvalue weighted by molar-refractivity contribution is 0.0996. The standard InChI is InChI=1S/C11H10N4O2/c12-10(17)9-11(14-6-5-13-9)15-7-3-1-2-4-8(7)16/h1-6,16H,(H2,12,17)(H,14,15). The number of phenols is 1. The maximum Gasteiger partial charge on any atom is 0.271 e. The van der Waals surface area contributed by atoms with E-state index in [1.165, 1.54) is 18.5 Å². The van der Waals surface area contributed by atoms with E-state index in [4.69, 9.17) is 5.73 Å². The van der Waals surface area contributed by atoms with Crippen LogP contribution in [0.1, 0.15) is 10.5 Å². The Balaban J connectivity index is 2.37. The number of nitrogens with one attached hydrogen (secondary N) is 1. The summed E-state index contributed by atoms with van der Waals surface area (Å²) >= 11 is 0. The van der Waals surface area contributed by atoms with Crippen molar-refractivity contribution in [2.24, 2.45) is 5.73 Å². The van der Waals surface area contributed by atoms with Crippen molar-refractivity contribution >= 4 is 17.4 Å². The third-order valence-corrected chi connectivity index (χ3v) is 2.09. The van der Waals surface area contributed by atoms with Crippen LogP contribution in [0.4, 0.5) is 11.5 Å². The second-order valence-electron chi connectivity index (χ2n) is 3.26. The number of aromatic hydroxyl groups is 1. The Labute approximate surface area is 97.1 Å². The molecule has 1 heterocycles. The molecule has 0 fully saturated rings. The summed E-state index contributed by atoms with van der Waals surface area (Å²) in [5.74, 6) is -0.425. The molecule has 2 rings (SSSR count). The van der Waals surface area contributed by atoms with Crippen molar-refractivity contribution in [1.82, 2.24) is 9.97 Å². The van der Waals surface area contributed by atoms with Gasteiger partial charge >= 0.3 is 0 Å². The number of nitrogens with two attached hydrogens (primary N) is 1. The number of aromatic nitrogens is 2. The van der Waals surface area contributed by atoms with Crippen LogP contribution in [0.3, 0.4) is 0 Å². The first-order valence-corrected chi connectivity index (χ1v) is 4.84. The fourth-order valence-electron chi connectivity index (χ4n) is 1.32. The van der Waals surface area contributed by atoms with Gasteiger partial charge in [-0.15, -0.1) is 0 Å². The molecule has 1 aromatic heterocycles. The molecule has 1 amide bonds. The molecule has 0 unspecified atom stereocenters. The monoisotopic (exact) mass is 230 g/mol. The van der Waals surface area contributed by atoms with Crippen LogP contribution in [-0.2, 0) is 0 Å². The van der Waals surface area contributed by atoms with Crippen molar-refractivity contribution in [3.05, 3.63) is 42.4 Å². The largest absolute Gasteiger partial charge is 0.506 e. The molecular formula is C11H10N4O2. The smallest absolute Gasteiger partial charge is 0.271 e. The summed E-state index contributed by atoms with van der Waals surface area (Å²) in [4.78, 5) is 18.9. The molecule has 0 atom stereocenters. The number of amides is 1. The summed E-state index contributed by atoms with van der Waals surface area (Å²) in [7, 11) is 0. The van der Waals surface area contributed by atoms with Crippen LogP contribution in [0, 0.1) is 0 Å². The lowest BCUT2D eigenvalue weighted by atomic mass is 10.3. The number of carbonyl (C=O) groups is 1. The van der Waals surface area contributed by atoms with E-state index in [1.807, 2.05) is 0 Å². The molecule has 17 heavy (non-hydrogen) atoms. The highest BCUT2D eigenvalue weighted by molar-refractivity contribution is 5.96. The van der Waals surface area contributed by atoms with Crippen molar-refractivity contribution in [1.29, 1.82) is 0 Å². The summed E-state index contributed by atoms with van der Waals surface area (Å²) < 4.78 is 0. The molecular weight excluding hydrogens is 220 g/mol. The van der Waals surface area contributed by atoms with Crippen LogP contribution in [0.15, 0.2) is 36.7 Å². The van der Waals surface area contributed by atoms with Crippen molar-refractivity contribution in [3.8, 4) is 5.75 Å². The van der Waals surface area contributed by atoms with Crippen LogP contribution in [0.25, 0.3) is 0 Å². The number of carbonyl (C=O) groups excluding carboxylic acids is 1. The summed E-state index contributed by atoms with van der Waals surface area (Å²) in [5.41, 5.74) is 5.61. The SMILES string of the molecule is NC(=O)c1nccnc1Nc1ccccc1O. The Morgan fingerprint density at radius 3 is 2.65 bits per heavy atom. The van der Waals surface area contributed by atoms with Gasteiger partial charge in [0.1, 0.15) is 5.75 Å². The average Bonchev–Trinajstić information content (AvgIpc) is 2.32. The Hall–Kier alpha value is -2.63. The Morgan fingerprint density at radius 1 is 1.24 bits per heavy atom. The van der Waals surface area contributed by atoms with Crippen molar-refractivity contribution < 1.29 is 9.90 Å². The minimum absolute atomic E-state index is 0.0238. The third-order valence-electron chi connectivity index (χ3n) is 2.09. The fraction of sp³-hybridized carbons (Fsp3) is 0. The summed E-state index contributed by atoms with van der Waals surface area (Å²) in [6.45, 7) is 0. The van der Waals surface area contributed by atoms with Crippen LogP contribution >= 0.6 is 0 Å². The molecule has 6 heteroatoms. The van der Waals surface area contributed by atoms with E-state index in [9.17, 15) is 9.90 Å². The van der Waals surface area contributed by atoms with Crippen LogP contribution in [-0.4, -0.2) is 21.0 Å². The molecule has 0 aliphatic carbocycles. The van der Waals surface area contributed by atoms with Gasteiger partial charge in [-0.2, -0.15) is 0 Å². The van der Waals surface area contributed by atoms with Crippen molar-refractivity contribution in [3.63, 3.8) is 0 Å². The number of primary amides is 1. The van der Waals surface area contributed by atoms with E-state index >= 15 is 0 Å². The average molecular weight is 230 g/mol. The molecule has 2 aromatic rings. The minimum atomic E-state index is -0.684. The molecule has 0 saturated heterocycles. The number of benzene rings is 1. The molecule has 1 aromatic carbocycles. The maximum atomic E-state index is 11.1. The minimum Gasteiger partial charge on any atom is -0.506 e. The quantitative estimate of drug-likeness (QED) is 0.683. The van der Waals surface area contributed by atoms with Gasteiger partial charge in [0.15, 0.2) is 11.5 Å². The van der Waals surface area contributed by atoms with Gasteiger partial charge in [-0.25, -0.2) is 9.97 Å². The topological polar surface area (TPSA) is 101 Å². The highest BCUT2D eigenvalue weighted by Crippen LogP contribution is 2.25. The van der Waals surface area contributed by atoms with Gasteiger partial charge in [-0.05, 0) is 12.1 Å². The third kappa shape index (κ3) is 2.31. The molecule has 86 valence electrons. The number of nitrogens with zero attached hydrogens (tertiary/aromatic N) is 2. The van der Waals surface area contributed by atoms with E-state index in [1.54, 1.807) is 18.2 Å². The normalized spacial score (nSPS) is 9.88. The Morgan fingerprint density at radius 2 is 1.94 bits per heavy atom. The van der Waals surface area contributed by atoms with Gasteiger partial charge in [-0.1, -0.05) is 12.1 Å². The van der Waals surface area contributed by atoms with Gasteiger partial charge in [0.2, 0.25) is 0 Å². The van der Waals surface area contributed by atoms with E-state index in [2.05, 4.69) is 15.3 Å². The second kappa shape index (κ2) is 4.48. The molecule has 0 radical (unpaired) electrons. The van der Waals surface area contributed by atoms with E-state index < -0.39 is 5.91 Å². The molecule has 0 saturated carbocycles. The summed E-state index contributed by atoms with van der Waals surface area (Å²) in [6, 6.07) is 6.59. The molecule has 6 nitrogen and oxygen atoms in total. The summed E-state index contributed by atoms with van der Waals surface area (Å²) in [6.07, 6.45) is 2.80. The first-order valence-electron chi connectivity index (χ1n) is 4.84. The van der Waals surface area contributed by atoms with Crippen molar-refractivity contribution in [2.45, 2.75) is 0 Å². The van der Waals surface area contributed by atoms with Crippen LogP contribution in [0.2, 0.25) is 0 Å². The number of rotatable bonds is 3. The number of para-hydroxylation sites is 2. The molecule has 0 spiro atoms. The highest BCUT2D eigenvalue weighted by atomic mass is 16.3. The van der Waals surface area contributed by atoms with Gasteiger partial charge < -0.3 is 16.2 Å². The highest BCUT2D eigenvalue weighted by Gasteiger charge is 2.11. The lowest BCUT2D eigenvalue weighted by Crippen LogP contribution is -2.16. The van der Waals surface area contributed by atoms with Crippen LogP contribution in [0.5, 0.6) is 5.75 Å². The van der Waals surface area contributed by atoms with Gasteiger partial charge in [0.05, 0.1) is 5.69 Å². The van der Waals surface area contributed by atoms with Crippen LogP contribution < -0.4 is 11.1 Å². The first-order chi connectivity index (χ1) is 8.18. The van der Waals surface area contributed by atoms with Gasteiger partial charge in [0, 0.05) is 12.4 Å². The predicted octanol–water partition coefficient (Wildman–Crippen LogP) is 1.02. The zero-order valence-electron chi connectivity index (χ0n) is 8.79. The molecule has 4 N–H and O–H groups in total. The van der Waals surface area contributed by atoms with E-state index in [-0.39, 0.29) is 17.3 Å². The zero-order chi connectivity index (χ0) is 12.3. The van der Waals surface area contributed by atoms with E-state index in [0.29, 0.717) is 5.69 Å². The Kier molecular flexibility index (Phi) is 2.87. The second-order valence-corrected chi connectivity index (χ2v) is 3.26. The lowest BCUT2D eigenvalue weighted by Gasteiger charge is -2.08. The Bertz CT molecular complexity index is 557. The van der Waals surface area contributed by atoms with Gasteiger partial charge in [-0.3, -0.25) is 4.79 Å². The number of phenolic OH excluding ortho intramolecular Hbond substituents is 1. The molecule has 0 aliphatic rings. The number of hydrogen-bond acceptors (Lipinski definition) is 5. The zero-order valence-corrected chi connectivity index (χ0v) is 8.79. The fourth-order valence-corrected chi connectivity index (χ4v) is 1.32. The van der Waals surface area contributed by atoms with E-state index in [0.717, 1.165) is 0 Å². The maximum absolute atomic E-state index is 11.1.